The molecule has 0 saturated carbocycles. The molecule has 0 fully saturated rings. The van der Waals surface area contributed by atoms with Crippen molar-refractivity contribution in [3.63, 3.8) is 0 Å². The molecule has 1 aromatic carbocycles. The van der Waals surface area contributed by atoms with Crippen LogP contribution in [0.25, 0.3) is 21.8 Å². The molecule has 0 radical (unpaired) electrons. The summed E-state index contributed by atoms with van der Waals surface area (Å²) >= 11 is 0. The van der Waals surface area contributed by atoms with Crippen molar-refractivity contribution < 1.29 is 5.11 Å². The Kier molecular flexibility index (Phi) is 1.94. The maximum atomic E-state index is 9.10. The predicted molar refractivity (Wildman–Crippen MR) is 64.3 cm³/mol. The fraction of sp³-hybridized carbons (Fsp3) is 0.154. The SMILES string of the molecule is Cc1nccc2c1[nH]c1cc(CO)ccc12. The first-order valence-corrected chi connectivity index (χ1v) is 5.26. The van der Waals surface area contributed by atoms with E-state index in [2.05, 4.69) is 9.97 Å². The number of hydrogen-bond donors (Lipinski definition) is 2. The van der Waals surface area contributed by atoms with Crippen molar-refractivity contribution in [2.45, 2.75) is 13.5 Å². The monoisotopic (exact) mass is 212 g/mol. The molecule has 2 N–H and O–H groups in total. The molecule has 0 spiro atoms. The first-order chi connectivity index (χ1) is 7.79. The Labute approximate surface area is 92.7 Å². The molecular formula is C13H12N2O. The van der Waals surface area contributed by atoms with Crippen LogP contribution >= 0.6 is 0 Å². The molecule has 3 heteroatoms. The van der Waals surface area contributed by atoms with Crippen LogP contribution in [0.15, 0.2) is 30.5 Å². The molecule has 0 aliphatic rings. The fourth-order valence-corrected chi connectivity index (χ4v) is 2.11. The summed E-state index contributed by atoms with van der Waals surface area (Å²) in [6, 6.07) is 7.99. The maximum absolute atomic E-state index is 9.10. The zero-order chi connectivity index (χ0) is 11.1. The van der Waals surface area contributed by atoms with Crippen LogP contribution in [0.3, 0.4) is 0 Å². The Bertz CT molecular complexity index is 670. The number of nitrogens with zero attached hydrogens (tertiary/aromatic N) is 1. The number of hydrogen-bond acceptors (Lipinski definition) is 2. The molecule has 80 valence electrons. The normalized spacial score (nSPS) is 11.4. The van der Waals surface area contributed by atoms with Crippen LogP contribution in [0.5, 0.6) is 0 Å². The van der Waals surface area contributed by atoms with Crippen molar-refractivity contribution in [1.29, 1.82) is 0 Å². The lowest BCUT2D eigenvalue weighted by Gasteiger charge is -1.95. The van der Waals surface area contributed by atoms with Crippen LogP contribution in [0.2, 0.25) is 0 Å². The van der Waals surface area contributed by atoms with E-state index in [-0.39, 0.29) is 6.61 Å². The van der Waals surface area contributed by atoms with Gasteiger partial charge < -0.3 is 10.1 Å². The largest absolute Gasteiger partial charge is 0.392 e. The number of H-pyrrole nitrogens is 1. The zero-order valence-corrected chi connectivity index (χ0v) is 8.99. The number of rotatable bonds is 1. The van der Waals surface area contributed by atoms with E-state index in [1.165, 1.54) is 10.8 Å². The highest BCUT2D eigenvalue weighted by Crippen LogP contribution is 2.26. The third kappa shape index (κ3) is 1.22. The van der Waals surface area contributed by atoms with Gasteiger partial charge in [0.2, 0.25) is 0 Å². The topological polar surface area (TPSA) is 48.9 Å². The van der Waals surface area contributed by atoms with Gasteiger partial charge in [0, 0.05) is 22.5 Å². The molecule has 3 nitrogen and oxygen atoms in total. The quantitative estimate of drug-likeness (QED) is 0.651. The highest BCUT2D eigenvalue weighted by Gasteiger charge is 2.06. The first kappa shape index (κ1) is 9.36. The summed E-state index contributed by atoms with van der Waals surface area (Å²) in [6.45, 7) is 2.06. The van der Waals surface area contributed by atoms with Crippen molar-refractivity contribution in [3.05, 3.63) is 41.7 Å². The van der Waals surface area contributed by atoms with Gasteiger partial charge in [-0.05, 0) is 24.6 Å². The number of nitrogens with one attached hydrogen (secondary N) is 1. The van der Waals surface area contributed by atoms with Gasteiger partial charge in [0.1, 0.15) is 0 Å². The van der Waals surface area contributed by atoms with Gasteiger partial charge >= 0.3 is 0 Å². The van der Waals surface area contributed by atoms with Crippen LogP contribution in [-0.4, -0.2) is 15.1 Å². The summed E-state index contributed by atoms with van der Waals surface area (Å²) in [4.78, 5) is 7.61. The molecule has 0 atom stereocenters. The van der Waals surface area contributed by atoms with Crippen LogP contribution in [0.4, 0.5) is 0 Å². The van der Waals surface area contributed by atoms with Crippen molar-refractivity contribution >= 4 is 21.8 Å². The minimum absolute atomic E-state index is 0.0720. The van der Waals surface area contributed by atoms with E-state index in [4.69, 9.17) is 5.11 Å². The molecule has 3 rings (SSSR count). The molecule has 0 unspecified atom stereocenters. The van der Waals surface area contributed by atoms with Crippen molar-refractivity contribution in [1.82, 2.24) is 9.97 Å². The van der Waals surface area contributed by atoms with Gasteiger partial charge in [-0.3, -0.25) is 4.98 Å². The Morgan fingerprint density at radius 2 is 2.12 bits per heavy atom. The number of benzene rings is 1. The number of fused-ring (bicyclic) bond motifs is 3. The number of aromatic nitrogens is 2. The second kappa shape index (κ2) is 3.32. The summed E-state index contributed by atoms with van der Waals surface area (Å²) in [5.74, 6) is 0. The van der Waals surface area contributed by atoms with E-state index in [9.17, 15) is 0 Å². The lowest BCUT2D eigenvalue weighted by molar-refractivity contribution is 0.282. The molecule has 0 aliphatic heterocycles. The van der Waals surface area contributed by atoms with Gasteiger partial charge in [-0.25, -0.2) is 0 Å². The second-order valence-electron chi connectivity index (χ2n) is 3.98. The molecule has 2 aromatic heterocycles. The average molecular weight is 212 g/mol. The van der Waals surface area contributed by atoms with Crippen molar-refractivity contribution in [2.75, 3.05) is 0 Å². The van der Waals surface area contributed by atoms with E-state index in [0.29, 0.717) is 0 Å². The third-order valence-corrected chi connectivity index (χ3v) is 2.96. The molecule has 3 aromatic rings. The summed E-state index contributed by atoms with van der Waals surface area (Å²) in [7, 11) is 0. The molecule has 0 amide bonds. The van der Waals surface area contributed by atoms with Gasteiger partial charge in [-0.2, -0.15) is 0 Å². The standard InChI is InChI=1S/C13H12N2O/c1-8-13-11(4-5-14-8)10-3-2-9(7-16)6-12(10)15-13/h2-6,15-16H,7H2,1H3. The highest BCUT2D eigenvalue weighted by atomic mass is 16.3. The minimum atomic E-state index is 0.0720. The molecule has 0 aliphatic carbocycles. The Morgan fingerprint density at radius 3 is 2.94 bits per heavy atom. The first-order valence-electron chi connectivity index (χ1n) is 5.26. The van der Waals surface area contributed by atoms with Gasteiger partial charge in [0.15, 0.2) is 0 Å². The summed E-state index contributed by atoms with van der Waals surface area (Å²) in [5.41, 5.74) is 4.05. The minimum Gasteiger partial charge on any atom is -0.392 e. The number of aliphatic hydroxyl groups excluding tert-OH is 1. The smallest absolute Gasteiger partial charge is 0.0682 e. The molecular weight excluding hydrogens is 200 g/mol. The fourth-order valence-electron chi connectivity index (χ4n) is 2.11. The second-order valence-corrected chi connectivity index (χ2v) is 3.98. The van der Waals surface area contributed by atoms with Gasteiger partial charge in [0.25, 0.3) is 0 Å². The lowest BCUT2D eigenvalue weighted by Crippen LogP contribution is -1.81. The van der Waals surface area contributed by atoms with Crippen LogP contribution < -0.4 is 0 Å². The molecule has 2 heterocycles. The molecule has 16 heavy (non-hydrogen) atoms. The van der Waals surface area contributed by atoms with Crippen molar-refractivity contribution in [2.24, 2.45) is 0 Å². The van der Waals surface area contributed by atoms with Gasteiger partial charge in [0.05, 0.1) is 17.8 Å². The van der Waals surface area contributed by atoms with E-state index in [0.717, 1.165) is 22.3 Å². The van der Waals surface area contributed by atoms with Crippen LogP contribution in [0, 0.1) is 6.92 Å². The van der Waals surface area contributed by atoms with Crippen LogP contribution in [-0.2, 0) is 6.61 Å². The van der Waals surface area contributed by atoms with Crippen molar-refractivity contribution in [3.8, 4) is 0 Å². The number of aliphatic hydroxyl groups is 1. The van der Waals surface area contributed by atoms with E-state index in [1.54, 1.807) is 0 Å². The van der Waals surface area contributed by atoms with Gasteiger partial charge in [-0.1, -0.05) is 12.1 Å². The Morgan fingerprint density at radius 1 is 1.25 bits per heavy atom. The van der Waals surface area contributed by atoms with Gasteiger partial charge in [-0.15, -0.1) is 0 Å². The summed E-state index contributed by atoms with van der Waals surface area (Å²) < 4.78 is 0. The highest BCUT2D eigenvalue weighted by molar-refractivity contribution is 6.07. The summed E-state index contributed by atoms with van der Waals surface area (Å²) in [6.07, 6.45) is 1.82. The Balaban J connectivity index is 2.45. The van der Waals surface area contributed by atoms with E-state index < -0.39 is 0 Å². The third-order valence-electron chi connectivity index (χ3n) is 2.96. The zero-order valence-electron chi connectivity index (χ0n) is 8.99. The average Bonchev–Trinajstić information content (AvgIpc) is 2.68. The number of aromatic amines is 1. The van der Waals surface area contributed by atoms with E-state index >= 15 is 0 Å². The lowest BCUT2D eigenvalue weighted by atomic mass is 10.1. The van der Waals surface area contributed by atoms with E-state index in [1.807, 2.05) is 37.4 Å². The van der Waals surface area contributed by atoms with Crippen LogP contribution in [0.1, 0.15) is 11.3 Å². The maximum Gasteiger partial charge on any atom is 0.0682 e. The molecule has 0 saturated heterocycles. The summed E-state index contributed by atoms with van der Waals surface area (Å²) in [5, 5.41) is 11.5. The predicted octanol–water partition coefficient (Wildman–Crippen LogP) is 2.52. The molecule has 0 bridgehead atoms. The number of aryl methyl sites for hydroxylation is 1. The Hall–Kier alpha value is -1.87. The number of pyridine rings is 1.